The number of hydrogen-bond donors (Lipinski definition) is 3. The first-order valence-electron chi connectivity index (χ1n) is 5.60. The van der Waals surface area contributed by atoms with Crippen LogP contribution in [0.4, 0.5) is 10.5 Å². The minimum absolute atomic E-state index is 0.158. The number of nitrogen functional groups attached to an aromatic ring is 1. The topological polar surface area (TPSA) is 84.2 Å². The van der Waals surface area contributed by atoms with Gasteiger partial charge >= 0.3 is 6.03 Å². The Labute approximate surface area is 111 Å². The van der Waals surface area contributed by atoms with Crippen LogP contribution in [-0.2, 0) is 4.79 Å². The highest BCUT2D eigenvalue weighted by molar-refractivity contribution is 8.00. The van der Waals surface area contributed by atoms with Gasteiger partial charge in [0.2, 0.25) is 5.91 Å². The van der Waals surface area contributed by atoms with E-state index in [1.54, 1.807) is 6.92 Å². The third kappa shape index (κ3) is 4.29. The van der Waals surface area contributed by atoms with Gasteiger partial charge in [-0.25, -0.2) is 4.79 Å². The van der Waals surface area contributed by atoms with E-state index in [1.807, 2.05) is 25.1 Å². The van der Waals surface area contributed by atoms with Crippen LogP contribution >= 0.6 is 11.8 Å². The summed E-state index contributed by atoms with van der Waals surface area (Å²) in [4.78, 5) is 23.4. The predicted molar refractivity (Wildman–Crippen MR) is 73.5 cm³/mol. The fraction of sp³-hybridized carbons (Fsp3) is 0.333. The van der Waals surface area contributed by atoms with Crippen LogP contribution < -0.4 is 16.4 Å². The molecule has 5 nitrogen and oxygen atoms in total. The van der Waals surface area contributed by atoms with Gasteiger partial charge in [0.1, 0.15) is 0 Å². The van der Waals surface area contributed by atoms with Gasteiger partial charge in [-0.1, -0.05) is 12.1 Å². The Morgan fingerprint density at radius 3 is 2.78 bits per heavy atom. The molecule has 0 radical (unpaired) electrons. The smallest absolute Gasteiger partial charge is 0.321 e. The van der Waals surface area contributed by atoms with Crippen molar-refractivity contribution in [1.82, 2.24) is 10.6 Å². The van der Waals surface area contributed by atoms with Crippen molar-refractivity contribution in [2.24, 2.45) is 0 Å². The van der Waals surface area contributed by atoms with Crippen molar-refractivity contribution < 1.29 is 9.59 Å². The second-order valence-corrected chi connectivity index (χ2v) is 4.70. The molecule has 0 saturated carbocycles. The molecule has 0 fully saturated rings. The standard InChI is InChI=1S/C12H17N3O2S/c1-3-14-12(17)15-10(16)7-18-9-6-4-5-8(2)11(9)13/h4-6H,3,7,13H2,1-2H3,(H2,14,15,16,17). The Hall–Kier alpha value is -1.69. The monoisotopic (exact) mass is 267 g/mol. The molecule has 1 aromatic carbocycles. The van der Waals surface area contributed by atoms with E-state index < -0.39 is 6.03 Å². The summed E-state index contributed by atoms with van der Waals surface area (Å²) in [6.07, 6.45) is 0. The molecule has 0 saturated heterocycles. The molecule has 0 aliphatic heterocycles. The van der Waals surface area contributed by atoms with Crippen molar-refractivity contribution in [2.75, 3.05) is 18.0 Å². The maximum atomic E-state index is 11.5. The molecule has 1 rings (SSSR count). The van der Waals surface area contributed by atoms with E-state index in [1.165, 1.54) is 11.8 Å². The molecule has 1 aromatic rings. The second-order valence-electron chi connectivity index (χ2n) is 3.68. The van der Waals surface area contributed by atoms with Crippen molar-refractivity contribution in [2.45, 2.75) is 18.7 Å². The number of rotatable bonds is 4. The van der Waals surface area contributed by atoms with Crippen LogP contribution in [0.5, 0.6) is 0 Å². The number of aryl methyl sites for hydroxylation is 1. The van der Waals surface area contributed by atoms with Crippen LogP contribution in [0, 0.1) is 6.92 Å². The summed E-state index contributed by atoms with van der Waals surface area (Å²) >= 11 is 1.31. The maximum absolute atomic E-state index is 11.5. The van der Waals surface area contributed by atoms with E-state index in [-0.39, 0.29) is 11.7 Å². The minimum atomic E-state index is -0.472. The molecule has 98 valence electrons. The van der Waals surface area contributed by atoms with Crippen LogP contribution in [0.1, 0.15) is 12.5 Å². The summed E-state index contributed by atoms with van der Waals surface area (Å²) in [6.45, 7) is 4.18. The number of hydrogen-bond acceptors (Lipinski definition) is 4. The molecule has 0 bridgehead atoms. The Bertz CT molecular complexity index is 449. The highest BCUT2D eigenvalue weighted by Crippen LogP contribution is 2.26. The molecule has 0 atom stereocenters. The number of anilines is 1. The number of thioether (sulfide) groups is 1. The van der Waals surface area contributed by atoms with E-state index >= 15 is 0 Å². The molecule has 18 heavy (non-hydrogen) atoms. The highest BCUT2D eigenvalue weighted by atomic mass is 32.2. The van der Waals surface area contributed by atoms with Crippen molar-refractivity contribution >= 4 is 29.4 Å². The fourth-order valence-corrected chi connectivity index (χ4v) is 2.14. The van der Waals surface area contributed by atoms with E-state index in [2.05, 4.69) is 10.6 Å². The first-order chi connectivity index (χ1) is 8.54. The lowest BCUT2D eigenvalue weighted by molar-refractivity contribution is -0.117. The van der Waals surface area contributed by atoms with Crippen molar-refractivity contribution in [3.63, 3.8) is 0 Å². The van der Waals surface area contributed by atoms with Crippen LogP contribution in [0.2, 0.25) is 0 Å². The molecular weight excluding hydrogens is 250 g/mol. The third-order valence-corrected chi connectivity index (χ3v) is 3.31. The zero-order chi connectivity index (χ0) is 13.5. The van der Waals surface area contributed by atoms with Gasteiger partial charge in [0.25, 0.3) is 0 Å². The molecular formula is C12H17N3O2S. The lowest BCUT2D eigenvalue weighted by Gasteiger charge is -2.08. The van der Waals surface area contributed by atoms with E-state index in [0.29, 0.717) is 12.2 Å². The maximum Gasteiger partial charge on any atom is 0.321 e. The van der Waals surface area contributed by atoms with Gasteiger partial charge in [-0.3, -0.25) is 10.1 Å². The molecule has 0 heterocycles. The van der Waals surface area contributed by atoms with Crippen LogP contribution in [0.15, 0.2) is 23.1 Å². The summed E-state index contributed by atoms with van der Waals surface area (Å²) in [7, 11) is 0. The highest BCUT2D eigenvalue weighted by Gasteiger charge is 2.09. The van der Waals surface area contributed by atoms with E-state index in [0.717, 1.165) is 10.5 Å². The predicted octanol–water partition coefficient (Wildman–Crippen LogP) is 1.52. The van der Waals surface area contributed by atoms with Gasteiger partial charge in [-0.2, -0.15) is 0 Å². The summed E-state index contributed by atoms with van der Waals surface area (Å²) in [5.41, 5.74) is 7.54. The lowest BCUT2D eigenvalue weighted by atomic mass is 10.2. The second kappa shape index (κ2) is 6.90. The Kier molecular flexibility index (Phi) is 5.51. The van der Waals surface area contributed by atoms with Crippen LogP contribution in [0.3, 0.4) is 0 Å². The van der Waals surface area contributed by atoms with Crippen LogP contribution in [-0.4, -0.2) is 24.2 Å². The van der Waals surface area contributed by atoms with Gasteiger partial charge in [0.15, 0.2) is 0 Å². The average Bonchev–Trinajstić information content (AvgIpc) is 2.31. The lowest BCUT2D eigenvalue weighted by Crippen LogP contribution is -2.40. The number of para-hydroxylation sites is 1. The van der Waals surface area contributed by atoms with Crippen molar-refractivity contribution in [3.8, 4) is 0 Å². The number of carbonyl (C=O) groups is 2. The molecule has 0 aliphatic carbocycles. The Balaban J connectivity index is 2.48. The number of carbonyl (C=O) groups excluding carboxylic acids is 2. The molecule has 0 aromatic heterocycles. The molecule has 6 heteroatoms. The zero-order valence-corrected chi connectivity index (χ0v) is 11.3. The van der Waals surface area contributed by atoms with Gasteiger partial charge in [-0.05, 0) is 25.5 Å². The molecule has 0 unspecified atom stereocenters. The molecule has 4 N–H and O–H groups in total. The number of benzene rings is 1. The first kappa shape index (κ1) is 14.4. The summed E-state index contributed by atoms with van der Waals surface area (Å²) in [5, 5.41) is 4.72. The fourth-order valence-electron chi connectivity index (χ4n) is 1.29. The molecule has 0 aliphatic rings. The van der Waals surface area contributed by atoms with E-state index in [9.17, 15) is 9.59 Å². The number of nitrogens with one attached hydrogen (secondary N) is 2. The Morgan fingerprint density at radius 1 is 1.39 bits per heavy atom. The number of urea groups is 1. The number of imide groups is 1. The van der Waals surface area contributed by atoms with Gasteiger partial charge < -0.3 is 11.1 Å². The molecule has 3 amide bonds. The van der Waals surface area contributed by atoms with Crippen molar-refractivity contribution in [1.29, 1.82) is 0 Å². The van der Waals surface area contributed by atoms with Gasteiger partial charge in [0.05, 0.1) is 5.75 Å². The largest absolute Gasteiger partial charge is 0.398 e. The summed E-state index contributed by atoms with van der Waals surface area (Å²) in [6, 6.07) is 5.18. The quantitative estimate of drug-likeness (QED) is 0.570. The van der Waals surface area contributed by atoms with Crippen LogP contribution in [0.25, 0.3) is 0 Å². The number of nitrogens with two attached hydrogens (primary N) is 1. The van der Waals surface area contributed by atoms with E-state index in [4.69, 9.17) is 5.73 Å². The molecule has 0 spiro atoms. The Morgan fingerprint density at radius 2 is 2.11 bits per heavy atom. The van der Waals surface area contributed by atoms with Gasteiger partial charge in [-0.15, -0.1) is 11.8 Å². The number of amides is 3. The minimum Gasteiger partial charge on any atom is -0.398 e. The van der Waals surface area contributed by atoms with Gasteiger partial charge in [0, 0.05) is 17.1 Å². The first-order valence-corrected chi connectivity index (χ1v) is 6.58. The average molecular weight is 267 g/mol. The zero-order valence-electron chi connectivity index (χ0n) is 10.4. The third-order valence-electron chi connectivity index (χ3n) is 2.23. The normalized spacial score (nSPS) is 9.89. The van der Waals surface area contributed by atoms with Crippen molar-refractivity contribution in [3.05, 3.63) is 23.8 Å². The summed E-state index contributed by atoms with van der Waals surface area (Å²) in [5.74, 6) is -0.183. The summed E-state index contributed by atoms with van der Waals surface area (Å²) < 4.78 is 0. The SMILES string of the molecule is CCNC(=O)NC(=O)CSc1cccc(C)c1N.